The highest BCUT2D eigenvalue weighted by atomic mass is 19.1. The van der Waals surface area contributed by atoms with E-state index in [2.05, 4.69) is 21.5 Å². The molecule has 0 radical (unpaired) electrons. The molecule has 0 saturated carbocycles. The van der Waals surface area contributed by atoms with Crippen molar-refractivity contribution in [2.75, 3.05) is 6.54 Å². The van der Waals surface area contributed by atoms with Crippen molar-refractivity contribution < 1.29 is 14.0 Å². The molecule has 2 fully saturated rings. The van der Waals surface area contributed by atoms with Gasteiger partial charge in [-0.05, 0) is 43.4 Å². The lowest BCUT2D eigenvalue weighted by molar-refractivity contribution is -0.129. The van der Waals surface area contributed by atoms with E-state index < -0.39 is 12.1 Å². The maximum atomic E-state index is 13.0. The highest BCUT2D eigenvalue weighted by molar-refractivity contribution is 5.90. The summed E-state index contributed by atoms with van der Waals surface area (Å²) in [6, 6.07) is 5.27. The SMILES string of the molecule is O=C(NC1CCCCNC1=O)C1CC(c2ccc(F)cc2)NN1. The number of nitrogens with one attached hydrogen (secondary N) is 4. The van der Waals surface area contributed by atoms with Crippen molar-refractivity contribution in [3.05, 3.63) is 35.6 Å². The van der Waals surface area contributed by atoms with Crippen molar-refractivity contribution in [1.82, 2.24) is 21.5 Å². The smallest absolute Gasteiger partial charge is 0.242 e. The van der Waals surface area contributed by atoms with E-state index in [9.17, 15) is 14.0 Å². The number of halogens is 1. The molecule has 3 atom stereocenters. The molecule has 3 unspecified atom stereocenters. The van der Waals surface area contributed by atoms with Crippen LogP contribution in [0.1, 0.15) is 37.3 Å². The van der Waals surface area contributed by atoms with E-state index in [-0.39, 0.29) is 23.7 Å². The van der Waals surface area contributed by atoms with Gasteiger partial charge in [-0.1, -0.05) is 12.1 Å². The van der Waals surface area contributed by atoms with Gasteiger partial charge in [0.05, 0.1) is 0 Å². The zero-order valence-electron chi connectivity index (χ0n) is 12.8. The molecule has 2 amide bonds. The third-order valence-electron chi connectivity index (χ3n) is 4.34. The molecule has 124 valence electrons. The van der Waals surface area contributed by atoms with Gasteiger partial charge < -0.3 is 10.6 Å². The summed E-state index contributed by atoms with van der Waals surface area (Å²) in [5, 5.41) is 5.62. The van der Waals surface area contributed by atoms with Gasteiger partial charge in [0.15, 0.2) is 0 Å². The van der Waals surface area contributed by atoms with Crippen LogP contribution in [0.15, 0.2) is 24.3 Å². The van der Waals surface area contributed by atoms with Gasteiger partial charge in [-0.3, -0.25) is 9.59 Å². The van der Waals surface area contributed by atoms with Gasteiger partial charge in [-0.15, -0.1) is 0 Å². The molecule has 23 heavy (non-hydrogen) atoms. The van der Waals surface area contributed by atoms with E-state index in [1.807, 2.05) is 0 Å². The molecule has 0 aliphatic carbocycles. The van der Waals surface area contributed by atoms with Crippen molar-refractivity contribution in [3.63, 3.8) is 0 Å². The summed E-state index contributed by atoms with van der Waals surface area (Å²) in [6.07, 6.45) is 3.07. The van der Waals surface area contributed by atoms with Crippen LogP contribution < -0.4 is 21.5 Å². The Bertz CT molecular complexity index is 578. The molecular weight excluding hydrogens is 299 g/mol. The zero-order chi connectivity index (χ0) is 16.2. The fourth-order valence-corrected chi connectivity index (χ4v) is 2.99. The minimum Gasteiger partial charge on any atom is -0.354 e. The maximum Gasteiger partial charge on any atom is 0.242 e. The third kappa shape index (κ3) is 3.86. The van der Waals surface area contributed by atoms with Crippen LogP contribution in [-0.4, -0.2) is 30.4 Å². The number of rotatable bonds is 3. The average molecular weight is 320 g/mol. The standard InChI is InChI=1S/C16H21FN4O2/c17-11-6-4-10(5-7-11)13-9-14(21-20-13)16(23)19-12-3-1-2-8-18-15(12)22/h4-7,12-14,20-21H,1-3,8-9H2,(H,18,22)(H,19,23). The van der Waals surface area contributed by atoms with Crippen LogP contribution >= 0.6 is 0 Å². The third-order valence-corrected chi connectivity index (χ3v) is 4.34. The summed E-state index contributed by atoms with van der Waals surface area (Å²) in [6.45, 7) is 0.668. The number of carbonyl (C=O) groups is 2. The summed E-state index contributed by atoms with van der Waals surface area (Å²) in [7, 11) is 0. The number of hydrogen-bond donors (Lipinski definition) is 4. The monoisotopic (exact) mass is 320 g/mol. The second-order valence-electron chi connectivity index (χ2n) is 6.03. The van der Waals surface area contributed by atoms with Gasteiger partial charge >= 0.3 is 0 Å². The van der Waals surface area contributed by atoms with Crippen LogP contribution in [0.25, 0.3) is 0 Å². The number of benzene rings is 1. The zero-order valence-corrected chi connectivity index (χ0v) is 12.8. The van der Waals surface area contributed by atoms with Crippen LogP contribution in [0.5, 0.6) is 0 Å². The highest BCUT2D eigenvalue weighted by Gasteiger charge is 2.32. The Morgan fingerprint density at radius 1 is 1.17 bits per heavy atom. The molecule has 0 bridgehead atoms. The quantitative estimate of drug-likeness (QED) is 0.654. The number of amides is 2. The summed E-state index contributed by atoms with van der Waals surface area (Å²) in [5.41, 5.74) is 6.92. The molecule has 7 heteroatoms. The van der Waals surface area contributed by atoms with Crippen LogP contribution in [-0.2, 0) is 9.59 Å². The Morgan fingerprint density at radius 3 is 2.74 bits per heavy atom. The van der Waals surface area contributed by atoms with Crippen molar-refractivity contribution in [2.24, 2.45) is 0 Å². The predicted octanol–water partition coefficient (Wildman–Crippen LogP) is 0.518. The van der Waals surface area contributed by atoms with Gasteiger partial charge in [0, 0.05) is 12.6 Å². The largest absolute Gasteiger partial charge is 0.354 e. The minimum atomic E-state index is -0.461. The lowest BCUT2D eigenvalue weighted by atomic mass is 10.0. The predicted molar refractivity (Wildman–Crippen MR) is 82.6 cm³/mol. The Hall–Kier alpha value is -1.99. The maximum absolute atomic E-state index is 13.0. The highest BCUT2D eigenvalue weighted by Crippen LogP contribution is 2.22. The Balaban J connectivity index is 1.56. The molecular formula is C16H21FN4O2. The van der Waals surface area contributed by atoms with Gasteiger partial charge in [-0.25, -0.2) is 15.2 Å². The topological polar surface area (TPSA) is 82.3 Å². The summed E-state index contributed by atoms with van der Waals surface area (Å²) < 4.78 is 13.0. The molecule has 0 spiro atoms. The fraction of sp³-hybridized carbons (Fsp3) is 0.500. The summed E-state index contributed by atoms with van der Waals surface area (Å²) >= 11 is 0. The first-order valence-corrected chi connectivity index (χ1v) is 7.98. The lowest BCUT2D eigenvalue weighted by Gasteiger charge is -2.17. The normalized spacial score (nSPS) is 28.0. The Labute approximate surface area is 134 Å². The van der Waals surface area contributed by atoms with Crippen molar-refractivity contribution in [2.45, 2.75) is 43.8 Å². The molecule has 1 aromatic carbocycles. The fourth-order valence-electron chi connectivity index (χ4n) is 2.99. The first kappa shape index (κ1) is 15.9. The van der Waals surface area contributed by atoms with Crippen LogP contribution in [0.4, 0.5) is 4.39 Å². The van der Waals surface area contributed by atoms with E-state index in [4.69, 9.17) is 0 Å². The van der Waals surface area contributed by atoms with Gasteiger partial charge in [0.25, 0.3) is 0 Å². The van der Waals surface area contributed by atoms with E-state index >= 15 is 0 Å². The van der Waals surface area contributed by atoms with E-state index in [1.165, 1.54) is 12.1 Å². The van der Waals surface area contributed by atoms with Crippen LogP contribution in [0.3, 0.4) is 0 Å². The van der Waals surface area contributed by atoms with E-state index in [0.29, 0.717) is 19.4 Å². The Morgan fingerprint density at radius 2 is 1.96 bits per heavy atom. The molecule has 3 rings (SSSR count). The van der Waals surface area contributed by atoms with Crippen molar-refractivity contribution >= 4 is 11.8 Å². The van der Waals surface area contributed by atoms with Crippen molar-refractivity contribution in [3.8, 4) is 0 Å². The molecule has 1 aromatic rings. The van der Waals surface area contributed by atoms with E-state index in [1.54, 1.807) is 12.1 Å². The number of carbonyl (C=O) groups excluding carboxylic acids is 2. The van der Waals surface area contributed by atoms with Crippen LogP contribution in [0.2, 0.25) is 0 Å². The Kier molecular flexibility index (Phi) is 4.88. The molecule has 0 aromatic heterocycles. The molecule has 2 heterocycles. The lowest BCUT2D eigenvalue weighted by Crippen LogP contribution is -2.51. The average Bonchev–Trinajstić information content (AvgIpc) is 2.95. The number of hydrogen-bond acceptors (Lipinski definition) is 4. The molecule has 4 N–H and O–H groups in total. The summed E-state index contributed by atoms with van der Waals surface area (Å²) in [4.78, 5) is 24.2. The van der Waals surface area contributed by atoms with Crippen LogP contribution in [0, 0.1) is 5.82 Å². The second-order valence-corrected chi connectivity index (χ2v) is 6.03. The molecule has 2 aliphatic heterocycles. The first-order chi connectivity index (χ1) is 11.1. The number of hydrazine groups is 1. The van der Waals surface area contributed by atoms with Gasteiger partial charge in [0.1, 0.15) is 17.9 Å². The first-order valence-electron chi connectivity index (χ1n) is 7.98. The molecule has 2 aliphatic rings. The van der Waals surface area contributed by atoms with Gasteiger partial charge in [-0.2, -0.15) is 0 Å². The molecule has 2 saturated heterocycles. The van der Waals surface area contributed by atoms with Gasteiger partial charge in [0.2, 0.25) is 11.8 Å². The molecule has 6 nitrogen and oxygen atoms in total. The van der Waals surface area contributed by atoms with E-state index in [0.717, 1.165) is 18.4 Å². The van der Waals surface area contributed by atoms with Crippen molar-refractivity contribution in [1.29, 1.82) is 0 Å². The second kappa shape index (κ2) is 7.06. The minimum absolute atomic E-state index is 0.0608. The summed E-state index contributed by atoms with van der Waals surface area (Å²) in [5.74, 6) is -0.588.